The molecule has 6 heteroatoms. The molecule has 5 rings (SSSR count). The van der Waals surface area contributed by atoms with Crippen LogP contribution in [0.4, 0.5) is 0 Å². The molecule has 2 atom stereocenters. The van der Waals surface area contributed by atoms with Crippen molar-refractivity contribution in [2.24, 2.45) is 11.8 Å². The molecule has 2 fully saturated rings. The molecule has 0 aromatic heterocycles. The average molecular weight is 575 g/mol. The first-order chi connectivity index (χ1) is 20.5. The van der Waals surface area contributed by atoms with Crippen LogP contribution in [-0.2, 0) is 19.1 Å². The highest BCUT2D eigenvalue weighted by atomic mass is 16.6. The third-order valence-electron chi connectivity index (χ3n) is 8.95. The summed E-state index contributed by atoms with van der Waals surface area (Å²) in [4.78, 5) is 25.6. The largest absolute Gasteiger partial charge is 0.481 e. The lowest BCUT2D eigenvalue weighted by molar-refractivity contribution is -0.152. The molecule has 0 spiro atoms. The van der Waals surface area contributed by atoms with Gasteiger partial charge in [-0.15, -0.1) is 0 Å². The van der Waals surface area contributed by atoms with E-state index in [1.54, 1.807) is 0 Å². The van der Waals surface area contributed by atoms with Gasteiger partial charge in [0.1, 0.15) is 11.5 Å². The molecule has 2 saturated carbocycles. The minimum Gasteiger partial charge on any atom is -0.481 e. The van der Waals surface area contributed by atoms with Gasteiger partial charge in [-0.1, -0.05) is 113 Å². The van der Waals surface area contributed by atoms with Crippen molar-refractivity contribution in [1.29, 1.82) is 0 Å². The van der Waals surface area contributed by atoms with Gasteiger partial charge in [0.15, 0.2) is 13.2 Å². The van der Waals surface area contributed by atoms with Crippen LogP contribution in [0.25, 0.3) is 21.5 Å². The summed E-state index contributed by atoms with van der Waals surface area (Å²) >= 11 is 0. The highest BCUT2D eigenvalue weighted by molar-refractivity contribution is 6.11. The number of fused-ring (bicyclic) bond motifs is 2. The summed E-state index contributed by atoms with van der Waals surface area (Å²) in [7, 11) is 0. The van der Waals surface area contributed by atoms with Crippen LogP contribution in [-0.4, -0.2) is 37.4 Å². The summed E-state index contributed by atoms with van der Waals surface area (Å²) in [6, 6.07) is 15.5. The van der Waals surface area contributed by atoms with Crippen LogP contribution in [0.3, 0.4) is 0 Å². The normalized spacial score (nSPS) is 18.0. The maximum Gasteiger partial charge on any atom is 0.344 e. The van der Waals surface area contributed by atoms with Gasteiger partial charge in [-0.05, 0) is 38.5 Å². The Hall–Kier alpha value is -3.28. The Morgan fingerprint density at radius 2 is 0.929 bits per heavy atom. The molecular formula is C36H46O6. The maximum absolute atomic E-state index is 12.8. The van der Waals surface area contributed by atoms with Crippen LogP contribution in [0.2, 0.25) is 0 Å². The van der Waals surface area contributed by atoms with Crippen molar-refractivity contribution in [3.63, 3.8) is 0 Å². The Morgan fingerprint density at radius 3 is 1.26 bits per heavy atom. The van der Waals surface area contributed by atoms with Crippen LogP contribution in [0, 0.1) is 11.8 Å². The first-order valence-corrected chi connectivity index (χ1v) is 16.1. The van der Waals surface area contributed by atoms with Crippen molar-refractivity contribution in [1.82, 2.24) is 0 Å². The molecule has 2 unspecified atom stereocenters. The van der Waals surface area contributed by atoms with Crippen LogP contribution in [0.15, 0.2) is 48.5 Å². The summed E-state index contributed by atoms with van der Waals surface area (Å²) < 4.78 is 23.8. The molecule has 0 N–H and O–H groups in total. The van der Waals surface area contributed by atoms with Gasteiger partial charge in [-0.3, -0.25) is 0 Å². The zero-order chi connectivity index (χ0) is 29.3. The molecule has 3 aromatic carbocycles. The highest BCUT2D eigenvalue weighted by Crippen LogP contribution is 2.42. The lowest BCUT2D eigenvalue weighted by atomic mass is 9.86. The predicted octanol–water partition coefficient (Wildman–Crippen LogP) is 8.55. The number of carbonyl (C=O) groups is 2. The number of carbonyl (C=O) groups excluding carboxylic acids is 2. The van der Waals surface area contributed by atoms with Gasteiger partial charge < -0.3 is 18.9 Å². The molecule has 0 bridgehead atoms. The number of ether oxygens (including phenoxy) is 4. The fraction of sp³-hybridized carbons (Fsp3) is 0.556. The molecule has 0 aliphatic heterocycles. The first kappa shape index (κ1) is 30.2. The third kappa shape index (κ3) is 7.96. The molecule has 2 aliphatic rings. The Morgan fingerprint density at radius 1 is 0.595 bits per heavy atom. The molecule has 3 aromatic rings. The molecule has 42 heavy (non-hydrogen) atoms. The maximum atomic E-state index is 12.8. The summed E-state index contributed by atoms with van der Waals surface area (Å²) in [5, 5.41) is 3.25. The Balaban J connectivity index is 1.25. The van der Waals surface area contributed by atoms with E-state index in [0.717, 1.165) is 34.4 Å². The zero-order valence-electron chi connectivity index (χ0n) is 25.3. The molecule has 0 heterocycles. The van der Waals surface area contributed by atoms with E-state index in [2.05, 4.69) is 0 Å². The average Bonchev–Trinajstić information content (AvgIpc) is 2.99. The quantitative estimate of drug-likeness (QED) is 0.159. The second-order valence-corrected chi connectivity index (χ2v) is 12.4. The number of benzene rings is 3. The van der Waals surface area contributed by atoms with Crippen LogP contribution in [0.5, 0.6) is 11.5 Å². The van der Waals surface area contributed by atoms with E-state index >= 15 is 0 Å². The van der Waals surface area contributed by atoms with Gasteiger partial charge in [-0.2, -0.15) is 0 Å². The van der Waals surface area contributed by atoms with Crippen molar-refractivity contribution < 1.29 is 28.5 Å². The zero-order valence-corrected chi connectivity index (χ0v) is 25.3. The predicted molar refractivity (Wildman–Crippen MR) is 166 cm³/mol. The lowest BCUT2D eigenvalue weighted by Gasteiger charge is -2.25. The first-order valence-electron chi connectivity index (χ1n) is 16.1. The summed E-state index contributed by atoms with van der Waals surface area (Å²) in [6.07, 6.45) is 14.2. The molecule has 2 aliphatic carbocycles. The molecule has 6 nitrogen and oxygen atoms in total. The molecule has 0 saturated heterocycles. The second kappa shape index (κ2) is 14.8. The van der Waals surface area contributed by atoms with Crippen LogP contribution in [0.1, 0.15) is 90.9 Å². The highest BCUT2D eigenvalue weighted by Gasteiger charge is 2.22. The fourth-order valence-corrected chi connectivity index (χ4v) is 7.02. The van der Waals surface area contributed by atoms with Crippen molar-refractivity contribution in [3.05, 3.63) is 48.5 Å². The van der Waals surface area contributed by atoms with E-state index in [1.807, 2.05) is 62.4 Å². The van der Waals surface area contributed by atoms with Gasteiger partial charge >= 0.3 is 11.9 Å². The molecule has 0 radical (unpaired) electrons. The standard InChI is InChI=1S/C36H46O6/c1-25(21-27-13-5-3-6-14-27)41-33(37)23-39-35-29-17-9-11-19-31(29)36(32-20-12-10-18-30(32)35)40-24-34(38)42-26(2)22-28-15-7-4-8-16-28/h9-12,17-20,25-28H,3-8,13-16,21-24H2,1-2H3. The van der Waals surface area contributed by atoms with E-state index in [0.29, 0.717) is 23.3 Å². The summed E-state index contributed by atoms with van der Waals surface area (Å²) in [5.74, 6) is 1.76. The fourth-order valence-electron chi connectivity index (χ4n) is 7.02. The van der Waals surface area contributed by atoms with Gasteiger partial charge in [0, 0.05) is 21.5 Å². The Kier molecular flexibility index (Phi) is 10.6. The summed E-state index contributed by atoms with van der Waals surface area (Å²) in [5.41, 5.74) is 0. The molecule has 0 amide bonds. The number of hydrogen-bond acceptors (Lipinski definition) is 6. The minimum absolute atomic E-state index is 0.126. The Bertz CT molecular complexity index is 1180. The second-order valence-electron chi connectivity index (χ2n) is 12.4. The topological polar surface area (TPSA) is 71.1 Å². The van der Waals surface area contributed by atoms with E-state index in [9.17, 15) is 9.59 Å². The molecule has 226 valence electrons. The molecular weight excluding hydrogens is 528 g/mol. The minimum atomic E-state index is -0.364. The number of rotatable bonds is 12. The monoisotopic (exact) mass is 574 g/mol. The van der Waals surface area contributed by atoms with E-state index in [-0.39, 0.29) is 37.4 Å². The van der Waals surface area contributed by atoms with Gasteiger partial charge in [-0.25, -0.2) is 9.59 Å². The van der Waals surface area contributed by atoms with Crippen molar-refractivity contribution in [2.45, 2.75) is 103 Å². The van der Waals surface area contributed by atoms with Crippen molar-refractivity contribution in [3.8, 4) is 11.5 Å². The number of esters is 2. The van der Waals surface area contributed by atoms with Gasteiger partial charge in [0.2, 0.25) is 0 Å². The lowest BCUT2D eigenvalue weighted by Crippen LogP contribution is -2.24. The Labute approximate surface area is 250 Å². The van der Waals surface area contributed by atoms with Crippen LogP contribution >= 0.6 is 0 Å². The van der Waals surface area contributed by atoms with E-state index in [1.165, 1.54) is 64.2 Å². The third-order valence-corrected chi connectivity index (χ3v) is 8.95. The van der Waals surface area contributed by atoms with Crippen molar-refractivity contribution >= 4 is 33.5 Å². The summed E-state index contributed by atoms with van der Waals surface area (Å²) in [6.45, 7) is 3.61. The van der Waals surface area contributed by atoms with Gasteiger partial charge in [0.25, 0.3) is 0 Å². The van der Waals surface area contributed by atoms with Gasteiger partial charge in [0.05, 0.1) is 12.2 Å². The van der Waals surface area contributed by atoms with E-state index < -0.39 is 0 Å². The van der Waals surface area contributed by atoms with Crippen molar-refractivity contribution in [2.75, 3.05) is 13.2 Å². The number of hydrogen-bond donors (Lipinski definition) is 0. The smallest absolute Gasteiger partial charge is 0.344 e. The van der Waals surface area contributed by atoms with Crippen LogP contribution < -0.4 is 9.47 Å². The van der Waals surface area contributed by atoms with E-state index in [4.69, 9.17) is 18.9 Å². The SMILES string of the molecule is CC(CC1CCCCC1)OC(=O)COc1c2ccccc2c(OCC(=O)OC(C)CC2CCCCC2)c2ccccc12.